The van der Waals surface area contributed by atoms with Gasteiger partial charge in [0.2, 0.25) is 0 Å². The average molecular weight is 527 g/mol. The Morgan fingerprint density at radius 3 is 2.38 bits per heavy atom. The van der Waals surface area contributed by atoms with Gasteiger partial charge in [0.05, 0.1) is 32.2 Å². The molecule has 5 rings (SSSR count). The minimum atomic E-state index is -0.592. The van der Waals surface area contributed by atoms with Crippen LogP contribution in [0.3, 0.4) is 0 Å². The van der Waals surface area contributed by atoms with Crippen molar-refractivity contribution in [1.29, 1.82) is 0 Å². The molecule has 0 N–H and O–H groups in total. The number of ether oxygens (including phenoxy) is 1. The van der Waals surface area contributed by atoms with Gasteiger partial charge in [-0.25, -0.2) is 18.7 Å². The van der Waals surface area contributed by atoms with E-state index in [4.69, 9.17) is 4.74 Å². The minimum absolute atomic E-state index is 0.0764. The Labute approximate surface area is 223 Å². The summed E-state index contributed by atoms with van der Waals surface area (Å²) in [7, 11) is 1.52. The summed E-state index contributed by atoms with van der Waals surface area (Å²) in [4.78, 5) is 45.0. The van der Waals surface area contributed by atoms with Crippen LogP contribution in [0, 0.1) is 5.82 Å². The number of Topliss-reactive ketones (excluding diaryl/α,β-unsaturated/α-hetero) is 1. The Morgan fingerprint density at radius 1 is 1.00 bits per heavy atom. The molecule has 3 aromatic carbocycles. The third-order valence-corrected chi connectivity index (χ3v) is 6.68. The zero-order valence-electron chi connectivity index (χ0n) is 21.8. The van der Waals surface area contributed by atoms with Gasteiger partial charge in [0.1, 0.15) is 11.6 Å². The average Bonchev–Trinajstić information content (AvgIpc) is 3.35. The van der Waals surface area contributed by atoms with E-state index >= 15 is 0 Å². The summed E-state index contributed by atoms with van der Waals surface area (Å²) in [5, 5.41) is 0. The number of benzene rings is 3. The molecule has 0 radical (unpaired) electrons. The Bertz CT molecular complexity index is 1780. The smallest absolute Gasteiger partial charge is 0.337 e. The van der Waals surface area contributed by atoms with E-state index in [0.29, 0.717) is 28.5 Å². The van der Waals surface area contributed by atoms with Gasteiger partial charge in [-0.15, -0.1) is 0 Å². The molecule has 0 unspecified atom stereocenters. The lowest BCUT2D eigenvalue weighted by Crippen LogP contribution is -2.40. The van der Waals surface area contributed by atoms with Crippen LogP contribution in [-0.4, -0.2) is 31.6 Å². The number of fused-ring (bicyclic) bond motifs is 1. The number of carbonyl (C=O) groups excluding carboxylic acids is 1. The Morgan fingerprint density at radius 2 is 1.72 bits per heavy atom. The van der Waals surface area contributed by atoms with E-state index in [1.165, 1.54) is 46.8 Å². The molecule has 0 bridgehead atoms. The Balaban J connectivity index is 1.68. The van der Waals surface area contributed by atoms with E-state index in [0.717, 1.165) is 10.1 Å². The van der Waals surface area contributed by atoms with Crippen LogP contribution in [-0.2, 0) is 13.1 Å². The van der Waals surface area contributed by atoms with Crippen molar-refractivity contribution in [3.05, 3.63) is 122 Å². The summed E-state index contributed by atoms with van der Waals surface area (Å²) in [6.45, 7) is 3.90. The quantitative estimate of drug-likeness (QED) is 0.277. The minimum Gasteiger partial charge on any atom is -0.497 e. The van der Waals surface area contributed by atoms with Crippen molar-refractivity contribution in [2.45, 2.75) is 32.9 Å². The molecule has 0 aliphatic carbocycles. The van der Waals surface area contributed by atoms with Crippen LogP contribution >= 0.6 is 0 Å². The molecule has 8 nitrogen and oxygen atoms in total. The number of aromatic nitrogens is 4. The van der Waals surface area contributed by atoms with E-state index in [9.17, 15) is 18.8 Å². The van der Waals surface area contributed by atoms with Gasteiger partial charge < -0.3 is 9.30 Å². The summed E-state index contributed by atoms with van der Waals surface area (Å²) in [5.74, 6) is 0.164. The first-order chi connectivity index (χ1) is 18.8. The molecule has 0 aliphatic heterocycles. The van der Waals surface area contributed by atoms with Crippen molar-refractivity contribution in [2.24, 2.45) is 0 Å². The standard InChI is InChI=1S/C30H27FN4O4/c1-19(2)21-9-13-24(14-10-21)35-28-27(29(37)34(30(35)38)16-20-7-11-23(31)12-8-20)33(18-32-28)17-26(36)22-5-4-6-25(15-22)39-3/h4-15,18-19H,16-17H2,1-3H3. The molecular weight excluding hydrogens is 499 g/mol. The molecule has 9 heteroatoms. The summed E-state index contributed by atoms with van der Waals surface area (Å²) >= 11 is 0. The van der Waals surface area contributed by atoms with Gasteiger partial charge in [-0.05, 0) is 53.4 Å². The predicted molar refractivity (Wildman–Crippen MR) is 147 cm³/mol. The topological polar surface area (TPSA) is 88.1 Å². The van der Waals surface area contributed by atoms with E-state index in [-0.39, 0.29) is 30.0 Å². The number of methoxy groups -OCH3 is 1. The molecule has 0 aliphatic rings. The second-order valence-corrected chi connectivity index (χ2v) is 9.58. The first-order valence-electron chi connectivity index (χ1n) is 12.5. The van der Waals surface area contributed by atoms with Gasteiger partial charge in [0.25, 0.3) is 5.56 Å². The lowest BCUT2D eigenvalue weighted by atomic mass is 10.0. The first-order valence-corrected chi connectivity index (χ1v) is 12.5. The van der Waals surface area contributed by atoms with Crippen LogP contribution in [0.4, 0.5) is 4.39 Å². The lowest BCUT2D eigenvalue weighted by Gasteiger charge is -2.14. The fourth-order valence-electron chi connectivity index (χ4n) is 4.50. The van der Waals surface area contributed by atoms with Crippen molar-refractivity contribution < 1.29 is 13.9 Å². The summed E-state index contributed by atoms with van der Waals surface area (Å²) < 4.78 is 22.6. The largest absolute Gasteiger partial charge is 0.497 e. The molecule has 39 heavy (non-hydrogen) atoms. The molecule has 0 fully saturated rings. The van der Waals surface area contributed by atoms with Gasteiger partial charge in [-0.2, -0.15) is 0 Å². The van der Waals surface area contributed by atoms with Crippen LogP contribution in [0.2, 0.25) is 0 Å². The van der Waals surface area contributed by atoms with Crippen molar-refractivity contribution in [3.63, 3.8) is 0 Å². The van der Waals surface area contributed by atoms with E-state index in [1.54, 1.807) is 24.3 Å². The highest BCUT2D eigenvalue weighted by molar-refractivity contribution is 5.96. The number of carbonyl (C=O) groups is 1. The molecule has 0 saturated heterocycles. The lowest BCUT2D eigenvalue weighted by molar-refractivity contribution is 0.0973. The van der Waals surface area contributed by atoms with Gasteiger partial charge in [-0.1, -0.05) is 50.2 Å². The van der Waals surface area contributed by atoms with Crippen LogP contribution < -0.4 is 16.0 Å². The summed E-state index contributed by atoms with van der Waals surface area (Å²) in [6.07, 6.45) is 1.39. The van der Waals surface area contributed by atoms with Gasteiger partial charge in [0.15, 0.2) is 16.9 Å². The maximum Gasteiger partial charge on any atom is 0.337 e. The fourth-order valence-corrected chi connectivity index (χ4v) is 4.50. The van der Waals surface area contributed by atoms with Crippen molar-refractivity contribution >= 4 is 16.9 Å². The molecular formula is C30H27FN4O4. The van der Waals surface area contributed by atoms with Crippen LogP contribution in [0.15, 0.2) is 88.7 Å². The highest BCUT2D eigenvalue weighted by atomic mass is 19.1. The fraction of sp³-hybridized carbons (Fsp3) is 0.200. The molecule has 0 atom stereocenters. The number of hydrogen-bond donors (Lipinski definition) is 0. The highest BCUT2D eigenvalue weighted by Crippen LogP contribution is 2.19. The third kappa shape index (κ3) is 5.03. The van der Waals surface area contributed by atoms with Crippen molar-refractivity contribution in [2.75, 3.05) is 7.11 Å². The molecule has 5 aromatic rings. The Hall–Kier alpha value is -4.79. The van der Waals surface area contributed by atoms with Gasteiger partial charge >= 0.3 is 5.69 Å². The molecule has 2 aromatic heterocycles. The van der Waals surface area contributed by atoms with Crippen molar-refractivity contribution in [3.8, 4) is 11.4 Å². The number of imidazole rings is 1. The molecule has 0 spiro atoms. The SMILES string of the molecule is COc1cccc(C(=O)Cn2cnc3c2c(=O)n(Cc2ccc(F)cc2)c(=O)n3-c2ccc(C(C)C)cc2)c1. The van der Waals surface area contributed by atoms with E-state index in [2.05, 4.69) is 18.8 Å². The number of rotatable bonds is 8. The second kappa shape index (κ2) is 10.5. The van der Waals surface area contributed by atoms with E-state index < -0.39 is 17.1 Å². The van der Waals surface area contributed by atoms with Crippen LogP contribution in [0.5, 0.6) is 5.75 Å². The van der Waals surface area contributed by atoms with Gasteiger partial charge in [-0.3, -0.25) is 14.2 Å². The predicted octanol–water partition coefficient (Wildman–Crippen LogP) is 4.55. The summed E-state index contributed by atoms with van der Waals surface area (Å²) in [6, 6.07) is 19.8. The molecule has 0 saturated carbocycles. The van der Waals surface area contributed by atoms with Gasteiger partial charge in [0, 0.05) is 5.56 Å². The van der Waals surface area contributed by atoms with Crippen LogP contribution in [0.25, 0.3) is 16.9 Å². The first kappa shape index (κ1) is 25.8. The number of ketones is 1. The zero-order chi connectivity index (χ0) is 27.7. The second-order valence-electron chi connectivity index (χ2n) is 9.58. The zero-order valence-corrected chi connectivity index (χ0v) is 21.8. The summed E-state index contributed by atoms with van der Waals surface area (Å²) in [5.41, 5.74) is 1.71. The Kier molecular flexibility index (Phi) is 6.98. The molecule has 198 valence electrons. The normalized spacial score (nSPS) is 11.3. The van der Waals surface area contributed by atoms with Crippen molar-refractivity contribution in [1.82, 2.24) is 18.7 Å². The maximum atomic E-state index is 13.7. The number of hydrogen-bond acceptors (Lipinski definition) is 5. The highest BCUT2D eigenvalue weighted by Gasteiger charge is 2.21. The number of nitrogens with zero attached hydrogens (tertiary/aromatic N) is 4. The monoisotopic (exact) mass is 526 g/mol. The third-order valence-electron chi connectivity index (χ3n) is 6.68. The number of halogens is 1. The van der Waals surface area contributed by atoms with Crippen LogP contribution in [0.1, 0.15) is 41.3 Å². The van der Waals surface area contributed by atoms with E-state index in [1.807, 2.05) is 24.3 Å². The molecule has 2 heterocycles. The maximum absolute atomic E-state index is 13.7. The molecule has 0 amide bonds.